The maximum Gasteiger partial charge on any atom is 0.319 e. The fourth-order valence-corrected chi connectivity index (χ4v) is 2.60. The Labute approximate surface area is 108 Å². The van der Waals surface area contributed by atoms with Gasteiger partial charge in [-0.25, -0.2) is 0 Å². The summed E-state index contributed by atoms with van der Waals surface area (Å²) >= 11 is 0. The van der Waals surface area contributed by atoms with Gasteiger partial charge in [0, 0.05) is 19.1 Å². The molecular formula is C13H22N2O3. The molecule has 1 heterocycles. The maximum atomic E-state index is 11.9. The average Bonchev–Trinajstić information content (AvgIpc) is 3.13. The summed E-state index contributed by atoms with van der Waals surface area (Å²) < 4.78 is 0. The number of aliphatic carboxylic acids is 1. The lowest BCUT2D eigenvalue weighted by atomic mass is 10.0. The Balaban J connectivity index is 1.78. The number of likely N-dealkylation sites (tertiary alicyclic amines) is 1. The van der Waals surface area contributed by atoms with Gasteiger partial charge in [0.1, 0.15) is 5.41 Å². The van der Waals surface area contributed by atoms with Crippen LogP contribution in [0, 0.1) is 5.41 Å². The van der Waals surface area contributed by atoms with Crippen molar-refractivity contribution in [1.29, 1.82) is 0 Å². The molecule has 2 N–H and O–H groups in total. The number of nitrogens with one attached hydrogen (secondary N) is 1. The summed E-state index contributed by atoms with van der Waals surface area (Å²) in [4.78, 5) is 25.4. The summed E-state index contributed by atoms with van der Waals surface area (Å²) in [6.07, 6.45) is 3.99. The zero-order valence-electron chi connectivity index (χ0n) is 10.9. The number of nitrogens with zero attached hydrogens (tertiary/aromatic N) is 1. The Morgan fingerprint density at radius 1 is 1.33 bits per heavy atom. The van der Waals surface area contributed by atoms with Crippen molar-refractivity contribution in [3.63, 3.8) is 0 Å². The molecule has 0 aromatic carbocycles. The number of carboxylic acid groups (broad SMARTS) is 1. The monoisotopic (exact) mass is 254 g/mol. The van der Waals surface area contributed by atoms with Gasteiger partial charge in [0.05, 0.1) is 0 Å². The number of carboxylic acids is 1. The molecule has 0 unspecified atom stereocenters. The largest absolute Gasteiger partial charge is 0.480 e. The van der Waals surface area contributed by atoms with Crippen molar-refractivity contribution >= 4 is 11.9 Å². The second-order valence-corrected chi connectivity index (χ2v) is 5.48. The Hall–Kier alpha value is -1.10. The van der Waals surface area contributed by atoms with Crippen LogP contribution < -0.4 is 5.32 Å². The minimum Gasteiger partial charge on any atom is -0.480 e. The van der Waals surface area contributed by atoms with E-state index in [-0.39, 0.29) is 11.9 Å². The molecule has 0 bridgehead atoms. The summed E-state index contributed by atoms with van der Waals surface area (Å²) in [5.74, 6) is -1.24. The Morgan fingerprint density at radius 3 is 2.39 bits per heavy atom. The fourth-order valence-electron chi connectivity index (χ4n) is 2.60. The average molecular weight is 254 g/mol. The number of carbonyl (C=O) groups is 2. The molecule has 0 atom stereocenters. The number of carbonyl (C=O) groups excluding carboxylic acids is 1. The van der Waals surface area contributed by atoms with E-state index in [2.05, 4.69) is 17.1 Å². The molecule has 0 aromatic rings. The molecule has 0 spiro atoms. The zero-order valence-corrected chi connectivity index (χ0v) is 10.9. The summed E-state index contributed by atoms with van der Waals surface area (Å²) in [5, 5.41) is 12.0. The zero-order chi connectivity index (χ0) is 13.2. The van der Waals surface area contributed by atoms with E-state index in [1.807, 2.05) is 0 Å². The van der Waals surface area contributed by atoms with Crippen LogP contribution >= 0.6 is 0 Å². The molecule has 18 heavy (non-hydrogen) atoms. The normalized spacial score (nSPS) is 23.6. The first-order chi connectivity index (χ1) is 8.58. The smallest absolute Gasteiger partial charge is 0.319 e. The fraction of sp³-hybridized carbons (Fsp3) is 0.846. The lowest BCUT2D eigenvalue weighted by Gasteiger charge is -2.32. The van der Waals surface area contributed by atoms with Gasteiger partial charge < -0.3 is 15.3 Å². The van der Waals surface area contributed by atoms with Crippen molar-refractivity contribution in [2.45, 2.75) is 45.1 Å². The van der Waals surface area contributed by atoms with Gasteiger partial charge in [-0.15, -0.1) is 0 Å². The molecule has 2 fully saturated rings. The van der Waals surface area contributed by atoms with E-state index >= 15 is 0 Å². The highest BCUT2D eigenvalue weighted by Gasteiger charge is 2.57. The number of hydrogen-bond donors (Lipinski definition) is 2. The van der Waals surface area contributed by atoms with Gasteiger partial charge in [-0.05, 0) is 38.6 Å². The standard InChI is InChI=1S/C13H22N2O3/c1-2-7-15-8-3-10(4-9-15)14-11(16)13(5-6-13)12(17)18/h10H,2-9H2,1H3,(H,14,16)(H,17,18). The van der Waals surface area contributed by atoms with E-state index in [1.165, 1.54) is 0 Å². The van der Waals surface area contributed by atoms with Crippen LogP contribution in [0.5, 0.6) is 0 Å². The van der Waals surface area contributed by atoms with E-state index < -0.39 is 11.4 Å². The molecule has 5 heteroatoms. The minimum atomic E-state index is -1.10. The number of amides is 1. The highest BCUT2D eigenvalue weighted by Crippen LogP contribution is 2.46. The molecule has 0 aromatic heterocycles. The van der Waals surface area contributed by atoms with Crippen molar-refractivity contribution in [3.05, 3.63) is 0 Å². The molecule has 1 aliphatic carbocycles. The van der Waals surface area contributed by atoms with E-state index in [0.717, 1.165) is 38.9 Å². The van der Waals surface area contributed by atoms with Gasteiger partial charge in [0.2, 0.25) is 5.91 Å². The van der Waals surface area contributed by atoms with Crippen molar-refractivity contribution in [3.8, 4) is 0 Å². The van der Waals surface area contributed by atoms with Gasteiger partial charge in [-0.3, -0.25) is 9.59 Å². The Bertz CT molecular complexity index is 331. The quantitative estimate of drug-likeness (QED) is 0.713. The van der Waals surface area contributed by atoms with Crippen LogP contribution in [0.4, 0.5) is 0 Å². The lowest BCUT2D eigenvalue weighted by molar-refractivity contribution is -0.149. The molecule has 1 amide bonds. The second kappa shape index (κ2) is 5.26. The highest BCUT2D eigenvalue weighted by molar-refractivity contribution is 6.04. The molecule has 5 nitrogen and oxygen atoms in total. The van der Waals surface area contributed by atoms with Crippen LogP contribution in [0.1, 0.15) is 39.0 Å². The predicted molar refractivity (Wildman–Crippen MR) is 67.2 cm³/mol. The Kier molecular flexibility index (Phi) is 3.90. The molecule has 102 valence electrons. The molecule has 2 aliphatic rings. The second-order valence-electron chi connectivity index (χ2n) is 5.48. The van der Waals surface area contributed by atoms with Crippen LogP contribution in [-0.2, 0) is 9.59 Å². The first kappa shape index (κ1) is 13.3. The van der Waals surface area contributed by atoms with Crippen LogP contribution in [0.25, 0.3) is 0 Å². The first-order valence-corrected chi connectivity index (χ1v) is 6.85. The minimum absolute atomic E-state index is 0.155. The van der Waals surface area contributed by atoms with Gasteiger partial charge in [0.15, 0.2) is 0 Å². The van der Waals surface area contributed by atoms with Gasteiger partial charge in [0.25, 0.3) is 0 Å². The topological polar surface area (TPSA) is 69.6 Å². The predicted octanol–water partition coefficient (Wildman–Crippen LogP) is 0.842. The Morgan fingerprint density at radius 2 is 1.94 bits per heavy atom. The summed E-state index contributed by atoms with van der Waals surface area (Å²) in [5.41, 5.74) is -1.10. The van der Waals surface area contributed by atoms with Gasteiger partial charge in [-0.2, -0.15) is 0 Å². The molecule has 1 aliphatic heterocycles. The van der Waals surface area contributed by atoms with Crippen molar-refractivity contribution in [2.75, 3.05) is 19.6 Å². The third kappa shape index (κ3) is 2.66. The van der Waals surface area contributed by atoms with Crippen LogP contribution in [0.3, 0.4) is 0 Å². The summed E-state index contributed by atoms with van der Waals surface area (Å²) in [6, 6.07) is 0.155. The van der Waals surface area contributed by atoms with E-state index in [1.54, 1.807) is 0 Å². The van der Waals surface area contributed by atoms with Crippen LogP contribution in [0.2, 0.25) is 0 Å². The molecular weight excluding hydrogens is 232 g/mol. The van der Waals surface area contributed by atoms with E-state index in [9.17, 15) is 9.59 Å². The summed E-state index contributed by atoms with van der Waals surface area (Å²) in [6.45, 7) is 5.27. The maximum absolute atomic E-state index is 11.9. The van der Waals surface area contributed by atoms with E-state index in [0.29, 0.717) is 12.8 Å². The third-order valence-electron chi connectivity index (χ3n) is 4.06. The van der Waals surface area contributed by atoms with Gasteiger partial charge >= 0.3 is 5.97 Å². The van der Waals surface area contributed by atoms with E-state index in [4.69, 9.17) is 5.11 Å². The molecule has 1 saturated carbocycles. The van der Waals surface area contributed by atoms with Crippen molar-refractivity contribution < 1.29 is 14.7 Å². The summed E-state index contributed by atoms with van der Waals surface area (Å²) in [7, 11) is 0. The van der Waals surface area contributed by atoms with Crippen molar-refractivity contribution in [1.82, 2.24) is 10.2 Å². The molecule has 2 rings (SSSR count). The third-order valence-corrected chi connectivity index (χ3v) is 4.06. The highest BCUT2D eigenvalue weighted by atomic mass is 16.4. The number of hydrogen-bond acceptors (Lipinski definition) is 3. The molecule has 0 radical (unpaired) electrons. The van der Waals surface area contributed by atoms with Crippen LogP contribution in [-0.4, -0.2) is 47.6 Å². The molecule has 1 saturated heterocycles. The van der Waals surface area contributed by atoms with Crippen molar-refractivity contribution in [2.24, 2.45) is 5.41 Å². The van der Waals surface area contributed by atoms with Crippen LogP contribution in [0.15, 0.2) is 0 Å². The number of piperidine rings is 1. The first-order valence-electron chi connectivity index (χ1n) is 6.85. The SMILES string of the molecule is CCCN1CCC(NC(=O)C2(C(=O)O)CC2)CC1. The number of rotatable bonds is 5. The van der Waals surface area contributed by atoms with Gasteiger partial charge in [-0.1, -0.05) is 6.92 Å². The lowest BCUT2D eigenvalue weighted by Crippen LogP contribution is -2.48.